The molecule has 0 saturated carbocycles. The molecule has 1 saturated heterocycles. The van der Waals surface area contributed by atoms with Gasteiger partial charge in [0.25, 0.3) is 0 Å². The molecule has 6 nitrogen and oxygen atoms in total. The van der Waals surface area contributed by atoms with Crippen molar-refractivity contribution in [2.45, 2.75) is 20.0 Å². The molecule has 3 N–H and O–H groups in total. The summed E-state index contributed by atoms with van der Waals surface area (Å²) in [6, 6.07) is 18.5. The van der Waals surface area contributed by atoms with Crippen molar-refractivity contribution in [2.75, 3.05) is 31.1 Å². The summed E-state index contributed by atoms with van der Waals surface area (Å²) >= 11 is 0. The summed E-state index contributed by atoms with van der Waals surface area (Å²) in [6.07, 6.45) is 0. The number of hydrogen-bond acceptors (Lipinski definition) is 3. The second-order valence-electron chi connectivity index (χ2n) is 6.47. The first kappa shape index (κ1) is 22.0. The van der Waals surface area contributed by atoms with E-state index >= 15 is 0 Å². The summed E-state index contributed by atoms with van der Waals surface area (Å²) in [4.78, 5) is 18.3. The van der Waals surface area contributed by atoms with E-state index in [-0.39, 0.29) is 29.9 Å². The number of piperazine rings is 1. The van der Waals surface area contributed by atoms with Gasteiger partial charge in [-0.3, -0.25) is 4.79 Å². The van der Waals surface area contributed by atoms with Crippen molar-refractivity contribution in [1.82, 2.24) is 16.0 Å². The van der Waals surface area contributed by atoms with Gasteiger partial charge in [0, 0.05) is 31.9 Å². The Morgan fingerprint density at radius 3 is 2.50 bits per heavy atom. The number of nitrogens with zero attached hydrogens (tertiary/aromatic N) is 2. The highest BCUT2D eigenvalue weighted by molar-refractivity contribution is 14.0. The smallest absolute Gasteiger partial charge is 0.239 e. The largest absolute Gasteiger partial charge is 0.360 e. The minimum atomic E-state index is 0. The number of aliphatic imine (C=N–C) groups is 1. The number of anilines is 1. The zero-order valence-corrected chi connectivity index (χ0v) is 18.5. The summed E-state index contributed by atoms with van der Waals surface area (Å²) in [6.45, 7) is 6.19. The van der Waals surface area contributed by atoms with E-state index in [0.29, 0.717) is 26.2 Å². The molecule has 0 bridgehead atoms. The predicted octanol–water partition coefficient (Wildman–Crippen LogP) is 2.50. The topological polar surface area (TPSA) is 68.8 Å². The van der Waals surface area contributed by atoms with E-state index in [4.69, 9.17) is 0 Å². The van der Waals surface area contributed by atoms with Crippen LogP contribution in [-0.4, -0.2) is 38.0 Å². The Morgan fingerprint density at radius 2 is 1.82 bits per heavy atom. The molecule has 28 heavy (non-hydrogen) atoms. The molecule has 1 aliphatic heterocycles. The highest BCUT2D eigenvalue weighted by atomic mass is 127. The van der Waals surface area contributed by atoms with Crippen LogP contribution < -0.4 is 20.9 Å². The lowest BCUT2D eigenvalue weighted by atomic mass is 10.2. The molecular weight excluding hydrogens is 465 g/mol. The zero-order chi connectivity index (χ0) is 18.9. The van der Waals surface area contributed by atoms with Gasteiger partial charge in [0.2, 0.25) is 5.91 Å². The molecule has 1 heterocycles. The molecule has 1 fully saturated rings. The molecule has 0 unspecified atom stereocenters. The normalized spacial score (nSPS) is 14.1. The average Bonchev–Trinajstić information content (AvgIpc) is 2.71. The molecule has 7 heteroatoms. The first-order valence-electron chi connectivity index (χ1n) is 9.41. The number of amides is 1. The van der Waals surface area contributed by atoms with Gasteiger partial charge in [0.05, 0.1) is 13.1 Å². The summed E-state index contributed by atoms with van der Waals surface area (Å²) in [7, 11) is 0. The van der Waals surface area contributed by atoms with Crippen LogP contribution in [0.1, 0.15) is 18.1 Å². The standard InChI is InChI=1S/C21H27N5O.HI/c1-2-22-21(24-14-17-6-4-3-5-7-17)25-15-18-8-10-19(11-9-18)26-13-12-23-20(27)16-26;/h3-11H,2,12-16H2,1H3,(H,23,27)(H2,22,24,25);1H. The monoisotopic (exact) mass is 493 g/mol. The van der Waals surface area contributed by atoms with Crippen molar-refractivity contribution in [2.24, 2.45) is 4.99 Å². The fraction of sp³-hybridized carbons (Fsp3) is 0.333. The van der Waals surface area contributed by atoms with Crippen LogP contribution in [0.2, 0.25) is 0 Å². The highest BCUT2D eigenvalue weighted by Crippen LogP contribution is 2.16. The minimum absolute atomic E-state index is 0. The van der Waals surface area contributed by atoms with Crippen molar-refractivity contribution in [3.63, 3.8) is 0 Å². The Balaban J connectivity index is 0.00000280. The van der Waals surface area contributed by atoms with E-state index < -0.39 is 0 Å². The lowest BCUT2D eigenvalue weighted by molar-refractivity contribution is -0.120. The Labute approximate surface area is 183 Å². The third-order valence-electron chi connectivity index (χ3n) is 4.41. The van der Waals surface area contributed by atoms with Crippen LogP contribution in [-0.2, 0) is 17.9 Å². The van der Waals surface area contributed by atoms with Crippen molar-refractivity contribution < 1.29 is 4.79 Å². The summed E-state index contributed by atoms with van der Waals surface area (Å²) in [5.74, 6) is 0.884. The minimum Gasteiger partial charge on any atom is -0.360 e. The molecule has 0 aromatic heterocycles. The quantitative estimate of drug-likeness (QED) is 0.329. The lowest BCUT2D eigenvalue weighted by Gasteiger charge is -2.28. The molecule has 0 radical (unpaired) electrons. The van der Waals surface area contributed by atoms with E-state index in [9.17, 15) is 4.79 Å². The number of rotatable bonds is 6. The maximum atomic E-state index is 11.5. The third-order valence-corrected chi connectivity index (χ3v) is 4.41. The molecule has 1 aliphatic rings. The van der Waals surface area contributed by atoms with Crippen LogP contribution in [0.15, 0.2) is 59.6 Å². The van der Waals surface area contributed by atoms with Crippen LogP contribution in [0.25, 0.3) is 0 Å². The first-order chi connectivity index (χ1) is 13.2. The van der Waals surface area contributed by atoms with E-state index in [1.54, 1.807) is 0 Å². The van der Waals surface area contributed by atoms with Gasteiger partial charge in [-0.2, -0.15) is 0 Å². The number of guanidine groups is 1. The third kappa shape index (κ3) is 6.70. The molecular formula is C21H28IN5O. The van der Waals surface area contributed by atoms with Crippen LogP contribution >= 0.6 is 24.0 Å². The SMILES string of the molecule is CCNC(=NCc1ccccc1)NCc1ccc(N2CCNC(=O)C2)cc1.I. The van der Waals surface area contributed by atoms with Gasteiger partial charge in [-0.1, -0.05) is 42.5 Å². The summed E-state index contributed by atoms with van der Waals surface area (Å²) < 4.78 is 0. The Morgan fingerprint density at radius 1 is 1.07 bits per heavy atom. The molecule has 2 aromatic carbocycles. The van der Waals surface area contributed by atoms with Gasteiger partial charge >= 0.3 is 0 Å². The highest BCUT2D eigenvalue weighted by Gasteiger charge is 2.16. The second kappa shape index (κ2) is 11.5. The molecule has 1 amide bonds. The fourth-order valence-corrected chi connectivity index (χ4v) is 2.96. The lowest BCUT2D eigenvalue weighted by Crippen LogP contribution is -2.47. The average molecular weight is 493 g/mol. The Hall–Kier alpha value is -2.29. The second-order valence-corrected chi connectivity index (χ2v) is 6.47. The number of nitrogens with one attached hydrogen (secondary N) is 3. The van der Waals surface area contributed by atoms with Gasteiger partial charge in [-0.05, 0) is 30.2 Å². The van der Waals surface area contributed by atoms with Crippen LogP contribution in [0.5, 0.6) is 0 Å². The number of halogens is 1. The van der Waals surface area contributed by atoms with Crippen molar-refractivity contribution in [3.8, 4) is 0 Å². The number of benzene rings is 2. The number of carbonyl (C=O) groups is 1. The van der Waals surface area contributed by atoms with Gasteiger partial charge in [0.1, 0.15) is 0 Å². The van der Waals surface area contributed by atoms with Gasteiger partial charge in [-0.25, -0.2) is 4.99 Å². The van der Waals surface area contributed by atoms with Crippen molar-refractivity contribution >= 4 is 41.5 Å². The van der Waals surface area contributed by atoms with Gasteiger partial charge in [-0.15, -0.1) is 24.0 Å². The Kier molecular flexibility index (Phi) is 9.06. The van der Waals surface area contributed by atoms with Crippen LogP contribution in [0, 0.1) is 0 Å². The zero-order valence-electron chi connectivity index (χ0n) is 16.1. The van der Waals surface area contributed by atoms with Gasteiger partial charge in [0.15, 0.2) is 5.96 Å². The molecule has 0 atom stereocenters. The molecule has 150 valence electrons. The Bertz CT molecular complexity index is 764. The predicted molar refractivity (Wildman–Crippen MR) is 125 cm³/mol. The first-order valence-corrected chi connectivity index (χ1v) is 9.41. The van der Waals surface area contributed by atoms with Crippen LogP contribution in [0.3, 0.4) is 0 Å². The maximum Gasteiger partial charge on any atom is 0.239 e. The number of hydrogen-bond donors (Lipinski definition) is 3. The summed E-state index contributed by atoms with van der Waals surface area (Å²) in [5.41, 5.74) is 3.44. The van der Waals surface area contributed by atoms with E-state index in [1.807, 2.05) is 18.2 Å². The van der Waals surface area contributed by atoms with Crippen molar-refractivity contribution in [1.29, 1.82) is 0 Å². The molecule has 2 aromatic rings. The van der Waals surface area contributed by atoms with E-state index in [0.717, 1.165) is 24.7 Å². The maximum absolute atomic E-state index is 11.5. The molecule has 3 rings (SSSR count). The van der Waals surface area contributed by atoms with Gasteiger partial charge < -0.3 is 20.9 Å². The van der Waals surface area contributed by atoms with E-state index in [2.05, 4.69) is 69.2 Å². The molecule has 0 aliphatic carbocycles. The van der Waals surface area contributed by atoms with Crippen molar-refractivity contribution in [3.05, 3.63) is 65.7 Å². The number of carbonyl (C=O) groups excluding carboxylic acids is 1. The molecule has 0 spiro atoms. The van der Waals surface area contributed by atoms with Crippen LogP contribution in [0.4, 0.5) is 5.69 Å². The summed E-state index contributed by atoms with van der Waals surface area (Å²) in [5, 5.41) is 9.50. The van der Waals surface area contributed by atoms with E-state index in [1.165, 1.54) is 11.1 Å². The fourth-order valence-electron chi connectivity index (χ4n) is 2.96.